The van der Waals surface area contributed by atoms with Crippen molar-refractivity contribution in [3.8, 4) is 0 Å². The Hall–Kier alpha value is -2.08. The van der Waals surface area contributed by atoms with E-state index >= 15 is 0 Å². The number of aliphatic hydroxyl groups is 1. The Bertz CT molecular complexity index is 878. The summed E-state index contributed by atoms with van der Waals surface area (Å²) >= 11 is 0. The van der Waals surface area contributed by atoms with Crippen molar-refractivity contribution in [1.29, 1.82) is 0 Å². The molecule has 140 valence electrons. The molecule has 3 rings (SSSR count). The Labute approximate surface area is 165 Å². The van der Waals surface area contributed by atoms with Gasteiger partial charge in [0.1, 0.15) is 10.7 Å². The van der Waals surface area contributed by atoms with Crippen LogP contribution in [0.15, 0.2) is 88.7 Å². The van der Waals surface area contributed by atoms with Crippen LogP contribution in [0.4, 0.5) is 0 Å². The highest BCUT2D eigenvalue weighted by molar-refractivity contribution is 8.03. The number of aliphatic hydroxyl groups excluding tert-OH is 1. The molecule has 3 atom stereocenters. The van der Waals surface area contributed by atoms with Crippen molar-refractivity contribution in [2.45, 2.75) is 34.3 Å². The van der Waals surface area contributed by atoms with Crippen LogP contribution in [0, 0.1) is 13.8 Å². The largest absolute Gasteiger partial charge is 0.386 e. The molecule has 5 heteroatoms. The third kappa shape index (κ3) is 4.61. The van der Waals surface area contributed by atoms with E-state index in [9.17, 15) is 13.5 Å². The van der Waals surface area contributed by atoms with Crippen molar-refractivity contribution in [1.82, 2.24) is 0 Å². The molecule has 1 N–H and O–H groups in total. The molecule has 0 saturated heterocycles. The minimum Gasteiger partial charge on any atom is -0.386 e. The molecule has 0 bridgehead atoms. The maximum atomic E-state index is 13.3. The molecule has 27 heavy (non-hydrogen) atoms. The molecule has 0 radical (unpaired) electrons. The van der Waals surface area contributed by atoms with E-state index in [4.69, 9.17) is 0 Å². The number of benzene rings is 3. The molecule has 0 fully saturated rings. The first-order valence-electron chi connectivity index (χ1n) is 8.65. The highest BCUT2D eigenvalue weighted by Crippen LogP contribution is 2.30. The Morgan fingerprint density at radius 1 is 0.667 bits per heavy atom. The molecule has 0 amide bonds. The van der Waals surface area contributed by atoms with E-state index in [0.717, 1.165) is 11.1 Å². The second kappa shape index (κ2) is 8.74. The molecule has 0 spiro atoms. The second-order valence-corrected chi connectivity index (χ2v) is 9.89. The van der Waals surface area contributed by atoms with Gasteiger partial charge in [0.15, 0.2) is 0 Å². The quantitative estimate of drug-likeness (QED) is 0.674. The van der Waals surface area contributed by atoms with Crippen LogP contribution in [-0.4, -0.2) is 18.1 Å². The van der Waals surface area contributed by atoms with E-state index in [1.807, 2.05) is 44.2 Å². The second-order valence-electron chi connectivity index (χ2n) is 6.44. The third-order valence-corrected chi connectivity index (χ3v) is 8.21. The fraction of sp³-hybridized carbons (Fsp3) is 0.182. The van der Waals surface area contributed by atoms with Crippen molar-refractivity contribution in [2.75, 3.05) is 0 Å². The summed E-state index contributed by atoms with van der Waals surface area (Å²) in [5, 5.41) is 11.0. The SMILES string of the molecule is Cc1ccc([S@](=O)C([C@@H](O)c2ccccc2)[S@@](=O)c2ccc(C)cc2)cc1. The van der Waals surface area contributed by atoms with Crippen LogP contribution in [-0.2, 0) is 21.6 Å². The number of rotatable bonds is 6. The number of hydrogen-bond donors (Lipinski definition) is 1. The van der Waals surface area contributed by atoms with Gasteiger partial charge in [0.2, 0.25) is 0 Å². The minimum absolute atomic E-state index is 0.557. The molecule has 0 saturated carbocycles. The Balaban J connectivity index is 2.02. The lowest BCUT2D eigenvalue weighted by atomic mass is 10.1. The molecule has 3 aromatic carbocycles. The zero-order chi connectivity index (χ0) is 19.4. The van der Waals surface area contributed by atoms with E-state index in [2.05, 4.69) is 0 Å². The number of hydrogen-bond acceptors (Lipinski definition) is 3. The van der Waals surface area contributed by atoms with Crippen molar-refractivity contribution >= 4 is 21.6 Å². The van der Waals surface area contributed by atoms with Crippen molar-refractivity contribution in [3.63, 3.8) is 0 Å². The van der Waals surface area contributed by atoms with E-state index < -0.39 is 32.3 Å². The van der Waals surface area contributed by atoms with Gasteiger partial charge in [-0.05, 0) is 43.7 Å². The summed E-state index contributed by atoms with van der Waals surface area (Å²) < 4.78 is 25.6. The topological polar surface area (TPSA) is 54.4 Å². The van der Waals surface area contributed by atoms with Gasteiger partial charge >= 0.3 is 0 Å². The molecular formula is C22H22O3S2. The molecule has 0 aliphatic carbocycles. The highest BCUT2D eigenvalue weighted by Gasteiger charge is 2.34. The summed E-state index contributed by atoms with van der Waals surface area (Å²) in [7, 11) is -3.29. The van der Waals surface area contributed by atoms with Gasteiger partial charge < -0.3 is 5.11 Å². The van der Waals surface area contributed by atoms with Gasteiger partial charge in [0.05, 0.1) is 21.6 Å². The normalized spacial score (nSPS) is 14.7. The van der Waals surface area contributed by atoms with Gasteiger partial charge in [-0.15, -0.1) is 0 Å². The highest BCUT2D eigenvalue weighted by atomic mass is 32.2. The molecule has 3 aromatic rings. The summed E-state index contributed by atoms with van der Waals surface area (Å²) in [4.78, 5) is 1.11. The molecular weight excluding hydrogens is 376 g/mol. The Morgan fingerprint density at radius 3 is 1.48 bits per heavy atom. The molecule has 0 aromatic heterocycles. The van der Waals surface area contributed by atoms with Crippen LogP contribution in [0.2, 0.25) is 0 Å². The van der Waals surface area contributed by atoms with Crippen LogP contribution in [0.1, 0.15) is 22.8 Å². The fourth-order valence-corrected chi connectivity index (χ4v) is 6.16. The minimum atomic E-state index is -1.65. The van der Waals surface area contributed by atoms with Crippen molar-refractivity contribution in [3.05, 3.63) is 95.6 Å². The van der Waals surface area contributed by atoms with E-state index in [0.29, 0.717) is 15.4 Å². The van der Waals surface area contributed by atoms with Crippen LogP contribution >= 0.6 is 0 Å². The molecule has 0 heterocycles. The summed E-state index contributed by atoms with van der Waals surface area (Å²) in [5.41, 5.74) is 2.70. The molecule has 0 aliphatic heterocycles. The molecule has 0 unspecified atom stereocenters. The van der Waals surface area contributed by atoms with Crippen LogP contribution in [0.25, 0.3) is 0 Å². The van der Waals surface area contributed by atoms with Crippen molar-refractivity contribution in [2.24, 2.45) is 0 Å². The maximum absolute atomic E-state index is 13.3. The summed E-state index contributed by atoms with van der Waals surface area (Å²) in [6.07, 6.45) is -1.12. The molecule has 3 nitrogen and oxygen atoms in total. The zero-order valence-electron chi connectivity index (χ0n) is 15.2. The first kappa shape index (κ1) is 19.7. The first-order valence-corrected chi connectivity index (χ1v) is 11.1. The lowest BCUT2D eigenvalue weighted by molar-refractivity contribution is 0.193. The number of aryl methyl sites for hydroxylation is 2. The summed E-state index contributed by atoms with van der Waals surface area (Å²) in [6, 6.07) is 23.5. The zero-order valence-corrected chi connectivity index (χ0v) is 16.9. The standard InChI is InChI=1S/C22H22O3S2/c1-16-8-12-19(13-9-16)26(24)22(21(23)18-6-4-3-5-7-18)27(25)20-14-10-17(2)11-15-20/h3-15,21-23H,1-2H3/t21-,26-,27-/m0/s1. The third-order valence-electron chi connectivity index (χ3n) is 4.33. The monoisotopic (exact) mass is 398 g/mol. The van der Waals surface area contributed by atoms with Gasteiger partial charge in [-0.1, -0.05) is 65.7 Å². The summed E-state index contributed by atoms with van der Waals surface area (Å²) in [6.45, 7) is 3.90. The lowest BCUT2D eigenvalue weighted by Crippen LogP contribution is -2.29. The smallest absolute Gasteiger partial charge is 0.149 e. The van der Waals surface area contributed by atoms with E-state index in [1.165, 1.54) is 0 Å². The van der Waals surface area contributed by atoms with Gasteiger partial charge in [0.25, 0.3) is 0 Å². The van der Waals surface area contributed by atoms with Crippen LogP contribution < -0.4 is 0 Å². The van der Waals surface area contributed by atoms with E-state index in [1.54, 1.807) is 48.5 Å². The van der Waals surface area contributed by atoms with E-state index in [-0.39, 0.29) is 0 Å². The predicted octanol–water partition coefficient (Wildman–Crippen LogP) is 4.28. The van der Waals surface area contributed by atoms with Crippen molar-refractivity contribution < 1.29 is 13.5 Å². The maximum Gasteiger partial charge on any atom is 0.149 e. The van der Waals surface area contributed by atoms with Gasteiger partial charge in [0, 0.05) is 9.79 Å². The van der Waals surface area contributed by atoms with Gasteiger partial charge in [-0.25, -0.2) is 0 Å². The first-order chi connectivity index (χ1) is 13.0. The lowest BCUT2D eigenvalue weighted by Gasteiger charge is -2.22. The Morgan fingerprint density at radius 2 is 1.07 bits per heavy atom. The van der Waals surface area contributed by atoms with Gasteiger partial charge in [-0.2, -0.15) is 0 Å². The average Bonchev–Trinajstić information content (AvgIpc) is 2.69. The van der Waals surface area contributed by atoms with Gasteiger partial charge in [-0.3, -0.25) is 8.42 Å². The average molecular weight is 399 g/mol. The fourth-order valence-electron chi connectivity index (χ4n) is 2.73. The predicted molar refractivity (Wildman–Crippen MR) is 110 cm³/mol. The summed E-state index contributed by atoms with van der Waals surface area (Å²) in [5.74, 6) is 0. The Kier molecular flexibility index (Phi) is 6.37. The molecule has 0 aliphatic rings. The van der Waals surface area contributed by atoms with Crippen LogP contribution in [0.3, 0.4) is 0 Å². The van der Waals surface area contributed by atoms with Crippen LogP contribution in [0.5, 0.6) is 0 Å².